The van der Waals surface area contributed by atoms with Crippen molar-refractivity contribution in [3.8, 4) is 11.4 Å². The number of hydrogen-bond donors (Lipinski definition) is 1. The van der Waals surface area contributed by atoms with E-state index in [1.807, 2.05) is 18.3 Å². The zero-order valence-corrected chi connectivity index (χ0v) is 11.5. The lowest BCUT2D eigenvalue weighted by Crippen LogP contribution is -1.85. The van der Waals surface area contributed by atoms with Crippen molar-refractivity contribution in [3.05, 3.63) is 36.4 Å². The summed E-state index contributed by atoms with van der Waals surface area (Å²) in [6.07, 6.45) is 5.62. The second-order valence-electron chi connectivity index (χ2n) is 5.59. The molecule has 0 aliphatic heterocycles. The highest BCUT2D eigenvalue weighted by molar-refractivity contribution is 5.93. The number of hydrogen-bond acceptors (Lipinski definition) is 3. The smallest absolute Gasteiger partial charge is 0.230 e. The molecule has 0 bridgehead atoms. The van der Waals surface area contributed by atoms with Crippen LogP contribution in [0.25, 0.3) is 22.3 Å². The second-order valence-corrected chi connectivity index (χ2v) is 5.59. The van der Waals surface area contributed by atoms with Gasteiger partial charge in [0.25, 0.3) is 0 Å². The fourth-order valence-corrected chi connectivity index (χ4v) is 3.02. The number of nitrogens with zero attached hydrogens (tertiary/aromatic N) is 2. The first-order valence-corrected chi connectivity index (χ1v) is 7.27. The zero-order chi connectivity index (χ0) is 13.5. The average molecular weight is 267 g/mol. The Hall–Kier alpha value is -2.10. The lowest BCUT2D eigenvalue weighted by molar-refractivity contribution is 0.374. The molecule has 0 amide bonds. The minimum absolute atomic E-state index is 0.488. The van der Waals surface area contributed by atoms with Crippen LogP contribution >= 0.6 is 0 Å². The standard InChI is InChI=1S/C16H17N3O/c1-2-4-10-9-13(10)16-18-15(19-20-16)12-5-3-6-14-11(12)7-8-17-14/h3,5-8,10,13,17H,2,4,9H2,1H3/t10-,13-/m1/s1. The number of aromatic amines is 1. The van der Waals surface area contributed by atoms with Crippen LogP contribution in [-0.2, 0) is 0 Å². The molecule has 1 aliphatic carbocycles. The summed E-state index contributed by atoms with van der Waals surface area (Å²) in [5, 5.41) is 5.31. The lowest BCUT2D eigenvalue weighted by Gasteiger charge is -1.96. The highest BCUT2D eigenvalue weighted by Gasteiger charge is 2.41. The molecule has 2 atom stereocenters. The van der Waals surface area contributed by atoms with Gasteiger partial charge < -0.3 is 9.51 Å². The van der Waals surface area contributed by atoms with Crippen molar-refractivity contribution in [2.45, 2.75) is 32.1 Å². The molecule has 1 saturated carbocycles. The van der Waals surface area contributed by atoms with Crippen LogP contribution in [0.2, 0.25) is 0 Å². The molecule has 2 aromatic heterocycles. The van der Waals surface area contributed by atoms with Crippen LogP contribution in [0.5, 0.6) is 0 Å². The Morgan fingerprint density at radius 1 is 1.35 bits per heavy atom. The SMILES string of the molecule is CCC[C@@H]1C[C@H]1c1nc(-c2cccc3[nH]ccc23)no1. The van der Waals surface area contributed by atoms with Gasteiger partial charge in [-0.3, -0.25) is 0 Å². The van der Waals surface area contributed by atoms with Crippen LogP contribution in [-0.4, -0.2) is 15.1 Å². The van der Waals surface area contributed by atoms with E-state index in [1.54, 1.807) is 0 Å². The van der Waals surface area contributed by atoms with E-state index in [-0.39, 0.29) is 0 Å². The summed E-state index contributed by atoms with van der Waals surface area (Å²) in [4.78, 5) is 7.82. The molecule has 4 rings (SSSR count). The summed E-state index contributed by atoms with van der Waals surface area (Å²) < 4.78 is 5.47. The second kappa shape index (κ2) is 4.47. The summed E-state index contributed by atoms with van der Waals surface area (Å²) >= 11 is 0. The van der Waals surface area contributed by atoms with Crippen molar-refractivity contribution >= 4 is 10.9 Å². The number of rotatable bonds is 4. The molecule has 0 radical (unpaired) electrons. The van der Waals surface area contributed by atoms with Gasteiger partial charge in [-0.25, -0.2) is 0 Å². The highest BCUT2D eigenvalue weighted by Crippen LogP contribution is 2.49. The van der Waals surface area contributed by atoms with Crippen molar-refractivity contribution in [3.63, 3.8) is 0 Å². The maximum Gasteiger partial charge on any atom is 0.230 e. The molecule has 0 spiro atoms. The Morgan fingerprint density at radius 3 is 3.20 bits per heavy atom. The molecule has 102 valence electrons. The molecular formula is C16H17N3O. The van der Waals surface area contributed by atoms with Gasteiger partial charge >= 0.3 is 0 Å². The first kappa shape index (κ1) is 11.7. The molecule has 1 N–H and O–H groups in total. The molecule has 1 aliphatic rings. The highest BCUT2D eigenvalue weighted by atomic mass is 16.5. The van der Waals surface area contributed by atoms with E-state index in [4.69, 9.17) is 4.52 Å². The lowest BCUT2D eigenvalue weighted by atomic mass is 10.1. The predicted molar refractivity (Wildman–Crippen MR) is 77.3 cm³/mol. The third kappa shape index (κ3) is 1.83. The monoisotopic (exact) mass is 267 g/mol. The molecular weight excluding hydrogens is 250 g/mol. The van der Waals surface area contributed by atoms with E-state index in [0.29, 0.717) is 11.7 Å². The zero-order valence-electron chi connectivity index (χ0n) is 11.5. The average Bonchev–Trinajstić information content (AvgIpc) is 2.93. The van der Waals surface area contributed by atoms with Crippen LogP contribution in [0.3, 0.4) is 0 Å². The Morgan fingerprint density at radius 2 is 2.30 bits per heavy atom. The summed E-state index contributed by atoms with van der Waals surface area (Å²) in [5.41, 5.74) is 2.13. The summed E-state index contributed by atoms with van der Waals surface area (Å²) in [5.74, 6) is 2.75. The number of nitrogens with one attached hydrogen (secondary N) is 1. The van der Waals surface area contributed by atoms with Gasteiger partial charge in [-0.2, -0.15) is 4.98 Å². The van der Waals surface area contributed by atoms with Crippen LogP contribution in [0, 0.1) is 5.92 Å². The Kier molecular flexibility index (Phi) is 2.62. The number of aromatic nitrogens is 3. The van der Waals surface area contributed by atoms with Crippen molar-refractivity contribution in [2.75, 3.05) is 0 Å². The minimum atomic E-state index is 0.488. The Bertz CT molecular complexity index is 743. The molecule has 1 fully saturated rings. The van der Waals surface area contributed by atoms with Crippen molar-refractivity contribution in [1.82, 2.24) is 15.1 Å². The van der Waals surface area contributed by atoms with Gasteiger partial charge in [-0.15, -0.1) is 0 Å². The van der Waals surface area contributed by atoms with E-state index in [9.17, 15) is 0 Å². The van der Waals surface area contributed by atoms with Gasteiger partial charge in [0, 0.05) is 28.6 Å². The van der Waals surface area contributed by atoms with E-state index in [2.05, 4.69) is 34.2 Å². The maximum atomic E-state index is 5.47. The van der Waals surface area contributed by atoms with Crippen molar-refractivity contribution in [1.29, 1.82) is 0 Å². The summed E-state index contributed by atoms with van der Waals surface area (Å²) in [7, 11) is 0. The normalized spacial score (nSPS) is 21.4. The van der Waals surface area contributed by atoms with Gasteiger partial charge in [0.05, 0.1) is 0 Å². The van der Waals surface area contributed by atoms with Crippen LogP contribution in [0.1, 0.15) is 38.0 Å². The largest absolute Gasteiger partial charge is 0.361 e. The third-order valence-electron chi connectivity index (χ3n) is 4.18. The predicted octanol–water partition coefficient (Wildman–Crippen LogP) is 4.12. The summed E-state index contributed by atoms with van der Waals surface area (Å²) in [6.45, 7) is 2.22. The number of H-pyrrole nitrogens is 1. The van der Waals surface area contributed by atoms with Gasteiger partial charge in [0.15, 0.2) is 0 Å². The molecule has 0 unspecified atom stereocenters. The van der Waals surface area contributed by atoms with Gasteiger partial charge in [0.2, 0.25) is 11.7 Å². The minimum Gasteiger partial charge on any atom is -0.361 e. The third-order valence-corrected chi connectivity index (χ3v) is 4.18. The van der Waals surface area contributed by atoms with E-state index in [1.165, 1.54) is 19.3 Å². The van der Waals surface area contributed by atoms with E-state index >= 15 is 0 Å². The Balaban J connectivity index is 1.67. The van der Waals surface area contributed by atoms with Gasteiger partial charge in [-0.05, 0) is 30.9 Å². The topological polar surface area (TPSA) is 54.7 Å². The quantitative estimate of drug-likeness (QED) is 0.773. The number of fused-ring (bicyclic) bond motifs is 1. The fraction of sp³-hybridized carbons (Fsp3) is 0.375. The van der Waals surface area contributed by atoms with Gasteiger partial charge in [0.1, 0.15) is 0 Å². The Labute approximate surface area is 117 Å². The van der Waals surface area contributed by atoms with Crippen LogP contribution in [0.15, 0.2) is 35.0 Å². The summed E-state index contributed by atoms with van der Waals surface area (Å²) in [6, 6.07) is 8.16. The first-order chi connectivity index (χ1) is 9.86. The molecule has 1 aromatic carbocycles. The molecule has 2 heterocycles. The van der Waals surface area contributed by atoms with Crippen molar-refractivity contribution < 1.29 is 4.52 Å². The molecule has 20 heavy (non-hydrogen) atoms. The van der Waals surface area contributed by atoms with E-state index < -0.39 is 0 Å². The maximum absolute atomic E-state index is 5.47. The van der Waals surface area contributed by atoms with Gasteiger partial charge in [-0.1, -0.05) is 30.6 Å². The number of benzene rings is 1. The van der Waals surface area contributed by atoms with Crippen molar-refractivity contribution in [2.24, 2.45) is 5.92 Å². The van der Waals surface area contributed by atoms with E-state index in [0.717, 1.165) is 28.3 Å². The molecule has 4 nitrogen and oxygen atoms in total. The van der Waals surface area contributed by atoms with Crippen LogP contribution in [0.4, 0.5) is 0 Å². The van der Waals surface area contributed by atoms with Crippen LogP contribution < -0.4 is 0 Å². The molecule has 4 heteroatoms. The molecule has 3 aromatic rings. The fourth-order valence-electron chi connectivity index (χ4n) is 3.02. The first-order valence-electron chi connectivity index (χ1n) is 7.27. The molecule has 0 saturated heterocycles.